The highest BCUT2D eigenvalue weighted by molar-refractivity contribution is 5.16. The van der Waals surface area contributed by atoms with Crippen molar-refractivity contribution in [3.63, 3.8) is 0 Å². The van der Waals surface area contributed by atoms with Crippen LogP contribution in [-0.2, 0) is 20.1 Å². The van der Waals surface area contributed by atoms with E-state index in [-0.39, 0.29) is 6.10 Å². The molecule has 26 heavy (non-hydrogen) atoms. The zero-order valence-corrected chi connectivity index (χ0v) is 14.6. The van der Waals surface area contributed by atoms with Crippen molar-refractivity contribution < 1.29 is 9.84 Å². The van der Waals surface area contributed by atoms with E-state index in [4.69, 9.17) is 4.74 Å². The predicted molar refractivity (Wildman–Crippen MR) is 94.5 cm³/mol. The molecule has 1 aliphatic rings. The number of aromatic nitrogens is 5. The highest BCUT2D eigenvalue weighted by Crippen LogP contribution is 2.20. The van der Waals surface area contributed by atoms with Crippen molar-refractivity contribution in [3.05, 3.63) is 60.2 Å². The van der Waals surface area contributed by atoms with Crippen molar-refractivity contribution in [1.82, 2.24) is 29.7 Å². The number of benzene rings is 1. The average molecular weight is 354 g/mol. The fourth-order valence-corrected chi connectivity index (χ4v) is 3.23. The van der Waals surface area contributed by atoms with Crippen LogP contribution in [0.25, 0.3) is 0 Å². The second-order valence-electron chi connectivity index (χ2n) is 6.64. The summed E-state index contributed by atoms with van der Waals surface area (Å²) in [7, 11) is 1.84. The fraction of sp³-hybridized carbons (Fsp3) is 0.389. The van der Waals surface area contributed by atoms with Gasteiger partial charge < -0.3 is 9.84 Å². The third-order valence-electron chi connectivity index (χ3n) is 4.54. The molecule has 8 heteroatoms. The second kappa shape index (κ2) is 7.27. The van der Waals surface area contributed by atoms with Crippen LogP contribution in [0.15, 0.2) is 48.9 Å². The van der Waals surface area contributed by atoms with Gasteiger partial charge in [-0.3, -0.25) is 9.58 Å². The lowest BCUT2D eigenvalue weighted by Crippen LogP contribution is -2.29. The molecule has 1 saturated heterocycles. The van der Waals surface area contributed by atoms with Crippen LogP contribution in [0.1, 0.15) is 11.3 Å². The summed E-state index contributed by atoms with van der Waals surface area (Å²) in [6.07, 6.45) is 4.44. The van der Waals surface area contributed by atoms with Crippen LogP contribution in [0.5, 0.6) is 5.75 Å². The zero-order chi connectivity index (χ0) is 17.9. The van der Waals surface area contributed by atoms with E-state index in [1.54, 1.807) is 23.3 Å². The number of ether oxygens (including phenoxy) is 1. The normalized spacial score (nSPS) is 20.5. The minimum Gasteiger partial charge on any atom is -0.483 e. The van der Waals surface area contributed by atoms with Gasteiger partial charge in [-0.2, -0.15) is 5.10 Å². The van der Waals surface area contributed by atoms with Crippen LogP contribution in [0, 0.1) is 0 Å². The lowest BCUT2D eigenvalue weighted by atomic mass is 10.2. The monoisotopic (exact) mass is 354 g/mol. The van der Waals surface area contributed by atoms with Crippen LogP contribution in [0.2, 0.25) is 0 Å². The molecule has 2 aromatic heterocycles. The highest BCUT2D eigenvalue weighted by Gasteiger charge is 2.33. The number of nitrogens with zero attached hydrogens (tertiary/aromatic N) is 6. The van der Waals surface area contributed by atoms with E-state index in [0.717, 1.165) is 5.69 Å². The van der Waals surface area contributed by atoms with E-state index in [0.29, 0.717) is 31.9 Å². The Hall–Kier alpha value is -2.71. The van der Waals surface area contributed by atoms with E-state index in [1.807, 2.05) is 29.9 Å². The van der Waals surface area contributed by atoms with Gasteiger partial charge in [0.05, 0.1) is 30.8 Å². The highest BCUT2D eigenvalue weighted by atomic mass is 16.5. The van der Waals surface area contributed by atoms with Crippen molar-refractivity contribution in [2.24, 2.45) is 7.05 Å². The van der Waals surface area contributed by atoms with Gasteiger partial charge in [-0.15, -0.1) is 5.10 Å². The van der Waals surface area contributed by atoms with Crippen LogP contribution >= 0.6 is 0 Å². The fourth-order valence-electron chi connectivity index (χ4n) is 3.23. The zero-order valence-electron chi connectivity index (χ0n) is 14.6. The first-order valence-corrected chi connectivity index (χ1v) is 8.64. The number of likely N-dealkylation sites (tertiary alicyclic amines) is 1. The van der Waals surface area contributed by atoms with E-state index in [2.05, 4.69) is 32.4 Å². The molecule has 1 N–H and O–H groups in total. The quantitative estimate of drug-likeness (QED) is 0.701. The standard InChI is InChI=1S/C18H22N6O2/c1-22-11-16(8-20-22)26-18-13-23(12-17(18)25)10-15-7-19-21-24(15)9-14-5-3-2-4-6-14/h2-8,11,17-18,25H,9-10,12-13H2,1H3/t17-,18-/m1/s1. The Morgan fingerprint density at radius 2 is 2.00 bits per heavy atom. The summed E-state index contributed by atoms with van der Waals surface area (Å²) >= 11 is 0. The summed E-state index contributed by atoms with van der Waals surface area (Å²) in [4.78, 5) is 2.16. The summed E-state index contributed by atoms with van der Waals surface area (Å²) in [6.45, 7) is 2.56. The van der Waals surface area contributed by atoms with Gasteiger partial charge in [-0.1, -0.05) is 35.5 Å². The SMILES string of the molecule is Cn1cc(O[C@@H]2CN(Cc3cnnn3Cc3ccccc3)C[C@H]2O)cn1. The van der Waals surface area contributed by atoms with Gasteiger partial charge in [0.15, 0.2) is 5.75 Å². The first kappa shape index (κ1) is 16.7. The smallest absolute Gasteiger partial charge is 0.157 e. The summed E-state index contributed by atoms with van der Waals surface area (Å²) in [5.41, 5.74) is 2.20. The molecule has 0 amide bonds. The molecule has 8 nitrogen and oxygen atoms in total. The average Bonchev–Trinajstić information content (AvgIpc) is 3.32. The van der Waals surface area contributed by atoms with E-state index in [1.165, 1.54) is 5.56 Å². The summed E-state index contributed by atoms with van der Waals surface area (Å²) in [5.74, 6) is 0.675. The first-order valence-electron chi connectivity index (χ1n) is 8.64. The molecule has 3 aromatic rings. The number of aliphatic hydroxyl groups is 1. The van der Waals surface area contributed by atoms with E-state index >= 15 is 0 Å². The van der Waals surface area contributed by atoms with Crippen molar-refractivity contribution in [3.8, 4) is 5.75 Å². The lowest BCUT2D eigenvalue weighted by Gasteiger charge is -2.16. The van der Waals surface area contributed by atoms with Crippen LogP contribution < -0.4 is 4.74 Å². The Bertz CT molecular complexity index is 846. The largest absolute Gasteiger partial charge is 0.483 e. The van der Waals surface area contributed by atoms with Crippen molar-refractivity contribution in [2.45, 2.75) is 25.3 Å². The van der Waals surface area contributed by atoms with Gasteiger partial charge in [0.2, 0.25) is 0 Å². The topological polar surface area (TPSA) is 81.2 Å². The number of aryl methyl sites for hydroxylation is 1. The first-order chi connectivity index (χ1) is 12.7. The molecular weight excluding hydrogens is 332 g/mol. The van der Waals surface area contributed by atoms with Gasteiger partial charge in [-0.25, -0.2) is 4.68 Å². The Kier molecular flexibility index (Phi) is 4.68. The van der Waals surface area contributed by atoms with Crippen LogP contribution in [-0.4, -0.2) is 60.1 Å². The Labute approximate surface area is 151 Å². The van der Waals surface area contributed by atoms with Crippen molar-refractivity contribution in [2.75, 3.05) is 13.1 Å². The maximum absolute atomic E-state index is 10.3. The van der Waals surface area contributed by atoms with Crippen LogP contribution in [0.3, 0.4) is 0 Å². The number of rotatable bonds is 6. The molecule has 0 unspecified atom stereocenters. The molecule has 1 aromatic carbocycles. The molecule has 0 radical (unpaired) electrons. The Morgan fingerprint density at radius 3 is 2.77 bits per heavy atom. The van der Waals surface area contributed by atoms with Gasteiger partial charge in [-0.05, 0) is 5.56 Å². The number of hydrogen-bond acceptors (Lipinski definition) is 6. The third-order valence-corrected chi connectivity index (χ3v) is 4.54. The Morgan fingerprint density at radius 1 is 1.15 bits per heavy atom. The van der Waals surface area contributed by atoms with Gasteiger partial charge in [0.25, 0.3) is 0 Å². The molecule has 1 fully saturated rings. The van der Waals surface area contributed by atoms with Gasteiger partial charge >= 0.3 is 0 Å². The van der Waals surface area contributed by atoms with Crippen LogP contribution in [0.4, 0.5) is 0 Å². The minimum atomic E-state index is -0.534. The molecule has 4 rings (SSSR count). The molecule has 0 aliphatic carbocycles. The maximum atomic E-state index is 10.3. The number of hydrogen-bond donors (Lipinski definition) is 1. The molecule has 0 saturated carbocycles. The van der Waals surface area contributed by atoms with E-state index < -0.39 is 6.10 Å². The third kappa shape index (κ3) is 3.76. The minimum absolute atomic E-state index is 0.266. The molecule has 1 aliphatic heterocycles. The predicted octanol–water partition coefficient (Wildman–Crippen LogP) is 0.684. The maximum Gasteiger partial charge on any atom is 0.157 e. The summed E-state index contributed by atoms with van der Waals surface area (Å²) in [5, 5.41) is 22.7. The van der Waals surface area contributed by atoms with Crippen molar-refractivity contribution in [1.29, 1.82) is 0 Å². The summed E-state index contributed by atoms with van der Waals surface area (Å²) in [6, 6.07) is 10.2. The van der Waals surface area contributed by atoms with Gasteiger partial charge in [0, 0.05) is 26.7 Å². The Balaban J connectivity index is 1.38. The molecule has 3 heterocycles. The summed E-state index contributed by atoms with van der Waals surface area (Å²) < 4.78 is 9.45. The molecule has 0 bridgehead atoms. The molecular formula is C18H22N6O2. The number of β-amino-alcohol motifs (C(OH)–C–C–N with tert-alkyl or cyclic N) is 1. The molecule has 0 spiro atoms. The van der Waals surface area contributed by atoms with Crippen molar-refractivity contribution >= 4 is 0 Å². The second-order valence-corrected chi connectivity index (χ2v) is 6.64. The number of aliphatic hydroxyl groups excluding tert-OH is 1. The molecule has 2 atom stereocenters. The lowest BCUT2D eigenvalue weighted by molar-refractivity contribution is 0.0736. The van der Waals surface area contributed by atoms with Gasteiger partial charge in [0.1, 0.15) is 12.2 Å². The molecule has 136 valence electrons. The van der Waals surface area contributed by atoms with E-state index in [9.17, 15) is 5.11 Å².